The molecule has 3 heteroatoms. The first-order chi connectivity index (χ1) is 8.03. The quantitative estimate of drug-likeness (QED) is 0.606. The van der Waals surface area contributed by atoms with Crippen LogP contribution in [-0.2, 0) is 9.53 Å². The van der Waals surface area contributed by atoms with Gasteiger partial charge in [0, 0.05) is 0 Å². The molecule has 3 nitrogen and oxygen atoms in total. The van der Waals surface area contributed by atoms with Crippen molar-refractivity contribution in [1.29, 1.82) is 0 Å². The molecule has 0 amide bonds. The first kappa shape index (κ1) is 17.2. The molecular formula is C15H28O3. The summed E-state index contributed by atoms with van der Waals surface area (Å²) < 4.78 is 5.34. The summed E-state index contributed by atoms with van der Waals surface area (Å²) in [5.74, 6) is -0.211. The number of allylic oxidation sites excluding steroid dienone is 1. The highest BCUT2D eigenvalue weighted by Gasteiger charge is 2.21. The van der Waals surface area contributed by atoms with Crippen molar-refractivity contribution in [3.05, 3.63) is 11.6 Å². The number of aliphatic hydroxyl groups excluding tert-OH is 1. The fourth-order valence-electron chi connectivity index (χ4n) is 1.62. The lowest BCUT2D eigenvalue weighted by molar-refractivity contribution is -0.159. The number of carbonyl (C=O) groups excluding carboxylic acids is 1. The van der Waals surface area contributed by atoms with Gasteiger partial charge in [0.05, 0.1) is 12.0 Å². The van der Waals surface area contributed by atoms with Crippen LogP contribution in [-0.4, -0.2) is 22.8 Å². The standard InChI is InChI=1S/C15H28O3/c1-10(8-11(2)13(4)16)9-12(3)14(17)18-15(5,6)7/h8,11-13,16H,9H2,1-7H3/b10-8+/t11-,12+,13-/m1/s1. The van der Waals surface area contributed by atoms with Gasteiger partial charge >= 0.3 is 5.97 Å². The normalized spacial score (nSPS) is 18.1. The SMILES string of the molecule is C/C(=C\[C@@H](C)[C@@H](C)O)C[C@H](C)C(=O)OC(C)(C)C. The molecule has 0 bridgehead atoms. The van der Waals surface area contributed by atoms with Gasteiger partial charge in [0.25, 0.3) is 0 Å². The van der Waals surface area contributed by atoms with Gasteiger partial charge in [-0.2, -0.15) is 0 Å². The Balaban J connectivity index is 4.39. The van der Waals surface area contributed by atoms with E-state index >= 15 is 0 Å². The van der Waals surface area contributed by atoms with E-state index in [1.54, 1.807) is 6.92 Å². The minimum atomic E-state index is -0.435. The monoisotopic (exact) mass is 256 g/mol. The second kappa shape index (κ2) is 6.93. The Hall–Kier alpha value is -0.830. The zero-order valence-corrected chi connectivity index (χ0v) is 12.8. The Labute approximate surface area is 111 Å². The predicted octanol–water partition coefficient (Wildman–Crippen LogP) is 3.32. The number of ether oxygens (including phenoxy) is 1. The third-order valence-electron chi connectivity index (χ3n) is 2.75. The summed E-state index contributed by atoms with van der Waals surface area (Å²) in [7, 11) is 0. The number of hydrogen-bond acceptors (Lipinski definition) is 3. The van der Waals surface area contributed by atoms with Crippen molar-refractivity contribution in [2.75, 3.05) is 0 Å². The van der Waals surface area contributed by atoms with Crippen LogP contribution in [0.2, 0.25) is 0 Å². The Morgan fingerprint density at radius 3 is 2.17 bits per heavy atom. The van der Waals surface area contributed by atoms with Crippen LogP contribution in [0.15, 0.2) is 11.6 Å². The van der Waals surface area contributed by atoms with E-state index in [9.17, 15) is 9.90 Å². The predicted molar refractivity (Wildman–Crippen MR) is 74.2 cm³/mol. The van der Waals surface area contributed by atoms with Crippen molar-refractivity contribution < 1.29 is 14.6 Å². The van der Waals surface area contributed by atoms with Crippen LogP contribution in [0.1, 0.15) is 54.9 Å². The van der Waals surface area contributed by atoms with Gasteiger partial charge in [-0.05, 0) is 47.0 Å². The first-order valence-corrected chi connectivity index (χ1v) is 6.61. The summed E-state index contributed by atoms with van der Waals surface area (Å²) in [5, 5.41) is 9.43. The Morgan fingerprint density at radius 2 is 1.78 bits per heavy atom. The van der Waals surface area contributed by atoms with E-state index < -0.39 is 5.60 Å². The van der Waals surface area contributed by atoms with Crippen molar-refractivity contribution in [2.45, 2.75) is 66.6 Å². The molecule has 0 aromatic heterocycles. The van der Waals surface area contributed by atoms with Crippen LogP contribution in [0.5, 0.6) is 0 Å². The highest BCUT2D eigenvalue weighted by atomic mass is 16.6. The molecule has 3 atom stereocenters. The number of esters is 1. The van der Waals surface area contributed by atoms with Crippen molar-refractivity contribution in [3.8, 4) is 0 Å². The molecular weight excluding hydrogens is 228 g/mol. The van der Waals surface area contributed by atoms with Crippen molar-refractivity contribution in [2.24, 2.45) is 11.8 Å². The number of carbonyl (C=O) groups is 1. The largest absolute Gasteiger partial charge is 0.460 e. The zero-order chi connectivity index (χ0) is 14.5. The van der Waals surface area contributed by atoms with Gasteiger partial charge in [-0.25, -0.2) is 0 Å². The third kappa shape index (κ3) is 7.49. The summed E-state index contributed by atoms with van der Waals surface area (Å²) in [6.07, 6.45) is 2.33. The Morgan fingerprint density at radius 1 is 1.28 bits per heavy atom. The number of rotatable bonds is 5. The van der Waals surface area contributed by atoms with E-state index in [2.05, 4.69) is 0 Å². The maximum absolute atomic E-state index is 11.8. The van der Waals surface area contributed by atoms with Crippen molar-refractivity contribution in [3.63, 3.8) is 0 Å². The molecule has 0 spiro atoms. The number of hydrogen-bond donors (Lipinski definition) is 1. The van der Waals surface area contributed by atoms with E-state index in [0.717, 1.165) is 5.57 Å². The molecule has 0 unspecified atom stereocenters. The fourth-order valence-corrected chi connectivity index (χ4v) is 1.62. The number of aliphatic hydroxyl groups is 1. The van der Waals surface area contributed by atoms with Gasteiger partial charge in [0.1, 0.15) is 5.60 Å². The lowest BCUT2D eigenvalue weighted by atomic mass is 9.97. The maximum Gasteiger partial charge on any atom is 0.309 e. The topological polar surface area (TPSA) is 46.5 Å². The van der Waals surface area contributed by atoms with Crippen LogP contribution in [0, 0.1) is 11.8 Å². The summed E-state index contributed by atoms with van der Waals surface area (Å²) >= 11 is 0. The third-order valence-corrected chi connectivity index (χ3v) is 2.75. The van der Waals surface area contributed by atoms with E-state index in [1.807, 2.05) is 47.6 Å². The van der Waals surface area contributed by atoms with E-state index in [0.29, 0.717) is 6.42 Å². The molecule has 0 aromatic rings. The van der Waals surface area contributed by atoms with Crippen LogP contribution >= 0.6 is 0 Å². The summed E-state index contributed by atoms with van der Waals surface area (Å²) in [5.41, 5.74) is 0.678. The van der Waals surface area contributed by atoms with Gasteiger partial charge in [-0.15, -0.1) is 0 Å². The van der Waals surface area contributed by atoms with Gasteiger partial charge in [0.15, 0.2) is 0 Å². The van der Waals surface area contributed by atoms with Gasteiger partial charge in [-0.1, -0.05) is 25.5 Å². The lowest BCUT2D eigenvalue weighted by Crippen LogP contribution is -2.27. The van der Waals surface area contributed by atoms with Gasteiger partial charge in [-0.3, -0.25) is 4.79 Å². The highest BCUT2D eigenvalue weighted by Crippen LogP contribution is 2.18. The highest BCUT2D eigenvalue weighted by molar-refractivity contribution is 5.72. The molecule has 0 aliphatic rings. The molecule has 0 aliphatic carbocycles. The van der Waals surface area contributed by atoms with Crippen molar-refractivity contribution in [1.82, 2.24) is 0 Å². The fraction of sp³-hybridized carbons (Fsp3) is 0.800. The molecule has 18 heavy (non-hydrogen) atoms. The summed E-state index contributed by atoms with van der Waals surface area (Å²) in [6, 6.07) is 0. The van der Waals surface area contributed by atoms with Crippen LogP contribution in [0.3, 0.4) is 0 Å². The molecule has 0 aliphatic heterocycles. The molecule has 0 heterocycles. The average Bonchev–Trinajstić information content (AvgIpc) is 2.14. The molecule has 0 aromatic carbocycles. The lowest BCUT2D eigenvalue weighted by Gasteiger charge is -2.22. The van der Waals surface area contributed by atoms with E-state index in [-0.39, 0.29) is 23.9 Å². The minimum absolute atomic E-state index is 0.107. The Kier molecular flexibility index (Phi) is 6.61. The maximum atomic E-state index is 11.8. The molecule has 0 saturated carbocycles. The first-order valence-electron chi connectivity index (χ1n) is 6.61. The second-order valence-corrected chi connectivity index (χ2v) is 6.25. The molecule has 0 rings (SSSR count). The van der Waals surface area contributed by atoms with Crippen molar-refractivity contribution >= 4 is 5.97 Å². The smallest absolute Gasteiger partial charge is 0.309 e. The Bertz CT molecular complexity index is 297. The molecule has 0 saturated heterocycles. The van der Waals surface area contributed by atoms with E-state index in [4.69, 9.17) is 4.74 Å². The average molecular weight is 256 g/mol. The van der Waals surface area contributed by atoms with Gasteiger partial charge < -0.3 is 9.84 Å². The summed E-state index contributed by atoms with van der Waals surface area (Å²) in [6.45, 7) is 13.2. The molecule has 106 valence electrons. The van der Waals surface area contributed by atoms with Gasteiger partial charge in [0.2, 0.25) is 0 Å². The zero-order valence-electron chi connectivity index (χ0n) is 12.8. The summed E-state index contributed by atoms with van der Waals surface area (Å²) in [4.78, 5) is 11.8. The van der Waals surface area contributed by atoms with Crippen LogP contribution < -0.4 is 0 Å². The molecule has 0 radical (unpaired) electrons. The van der Waals surface area contributed by atoms with Crippen LogP contribution in [0.4, 0.5) is 0 Å². The molecule has 1 N–H and O–H groups in total. The second-order valence-electron chi connectivity index (χ2n) is 6.25. The van der Waals surface area contributed by atoms with Crippen LogP contribution in [0.25, 0.3) is 0 Å². The minimum Gasteiger partial charge on any atom is -0.460 e. The van der Waals surface area contributed by atoms with E-state index in [1.165, 1.54) is 0 Å². The molecule has 0 fully saturated rings.